The first-order valence-corrected chi connectivity index (χ1v) is 8.40. The maximum Gasteiger partial charge on any atom is 0.434 e. The molecule has 0 fully saturated rings. The number of carbonyl (C=O) groups is 1. The Morgan fingerprint density at radius 1 is 1.18 bits per heavy atom. The SMILES string of the molecule is Cn1nc(C(=O)Nc2nn(Cc3ccc(F)cc3)cc2Cl)c(Cl)c1C(F)(F)F. The van der Waals surface area contributed by atoms with Gasteiger partial charge in [0.25, 0.3) is 5.91 Å². The zero-order chi connectivity index (χ0) is 20.6. The van der Waals surface area contributed by atoms with E-state index in [4.69, 9.17) is 23.2 Å². The molecule has 1 N–H and O–H groups in total. The summed E-state index contributed by atoms with van der Waals surface area (Å²) in [5.41, 5.74) is -1.13. The number of aromatic nitrogens is 4. The number of nitrogens with zero attached hydrogens (tertiary/aromatic N) is 4. The number of halogens is 6. The van der Waals surface area contributed by atoms with E-state index in [1.807, 2.05) is 0 Å². The normalized spacial score (nSPS) is 11.7. The molecule has 3 rings (SSSR count). The lowest BCUT2D eigenvalue weighted by Gasteiger charge is -2.06. The second-order valence-electron chi connectivity index (χ2n) is 5.74. The topological polar surface area (TPSA) is 64.7 Å². The maximum absolute atomic E-state index is 13.0. The molecule has 28 heavy (non-hydrogen) atoms. The molecule has 0 aliphatic rings. The standard InChI is InChI=1S/C16H11Cl2F4N5O/c1-26-13(16(20,21)22)11(18)12(24-26)15(28)23-14-10(17)7-27(25-14)6-8-2-4-9(19)5-3-8/h2-5,7H,6H2,1H3,(H,23,25,28). The Bertz CT molecular complexity index is 1030. The molecule has 0 aliphatic heterocycles. The second kappa shape index (κ2) is 7.44. The van der Waals surface area contributed by atoms with Crippen LogP contribution in [-0.2, 0) is 19.8 Å². The quantitative estimate of drug-likeness (QED) is 0.618. The smallest absolute Gasteiger partial charge is 0.302 e. The molecule has 0 radical (unpaired) electrons. The van der Waals surface area contributed by atoms with Crippen molar-refractivity contribution in [1.82, 2.24) is 19.6 Å². The summed E-state index contributed by atoms with van der Waals surface area (Å²) >= 11 is 11.7. The van der Waals surface area contributed by atoms with Gasteiger partial charge in [-0.25, -0.2) is 4.39 Å². The summed E-state index contributed by atoms with van der Waals surface area (Å²) in [4.78, 5) is 12.3. The number of carbonyl (C=O) groups excluding carboxylic acids is 1. The minimum Gasteiger partial charge on any atom is -0.302 e. The third-order valence-corrected chi connectivity index (χ3v) is 4.31. The Labute approximate surface area is 165 Å². The summed E-state index contributed by atoms with van der Waals surface area (Å²) in [5.74, 6) is -1.46. The summed E-state index contributed by atoms with van der Waals surface area (Å²) in [5, 5.41) is 9.10. The van der Waals surface area contributed by atoms with Crippen molar-refractivity contribution in [3.8, 4) is 0 Å². The number of hydrogen-bond donors (Lipinski definition) is 1. The van der Waals surface area contributed by atoms with Crippen molar-refractivity contribution in [3.05, 3.63) is 63.3 Å². The number of aryl methyl sites for hydroxylation is 1. The number of rotatable bonds is 4. The molecular formula is C16H11Cl2F4N5O. The highest BCUT2D eigenvalue weighted by molar-refractivity contribution is 6.36. The molecule has 148 valence electrons. The van der Waals surface area contributed by atoms with Crippen LogP contribution < -0.4 is 5.32 Å². The summed E-state index contributed by atoms with van der Waals surface area (Å²) in [6.45, 7) is 0.235. The molecule has 0 bridgehead atoms. The molecule has 0 aliphatic carbocycles. The Hall–Kier alpha value is -2.59. The van der Waals surface area contributed by atoms with E-state index < -0.39 is 28.5 Å². The average molecular weight is 436 g/mol. The van der Waals surface area contributed by atoms with Gasteiger partial charge in [0.15, 0.2) is 17.2 Å². The van der Waals surface area contributed by atoms with Crippen LogP contribution in [0, 0.1) is 5.82 Å². The number of nitrogens with one attached hydrogen (secondary N) is 1. The minimum absolute atomic E-state index is 0.0542. The number of hydrogen-bond acceptors (Lipinski definition) is 3. The van der Waals surface area contributed by atoms with Crippen molar-refractivity contribution in [2.45, 2.75) is 12.7 Å². The van der Waals surface area contributed by atoms with Gasteiger partial charge in [0.05, 0.1) is 6.54 Å². The summed E-state index contributed by atoms with van der Waals surface area (Å²) in [6.07, 6.45) is -3.37. The average Bonchev–Trinajstić information content (AvgIpc) is 3.08. The van der Waals surface area contributed by atoms with Crippen molar-refractivity contribution in [3.63, 3.8) is 0 Å². The molecule has 0 atom stereocenters. The van der Waals surface area contributed by atoms with Crippen LogP contribution in [0.5, 0.6) is 0 Å². The first-order chi connectivity index (χ1) is 13.1. The molecular weight excluding hydrogens is 425 g/mol. The van der Waals surface area contributed by atoms with Gasteiger partial charge >= 0.3 is 6.18 Å². The first-order valence-electron chi connectivity index (χ1n) is 7.64. The van der Waals surface area contributed by atoms with E-state index in [1.165, 1.54) is 23.0 Å². The van der Waals surface area contributed by atoms with Crippen LogP contribution in [0.25, 0.3) is 0 Å². The maximum atomic E-state index is 13.0. The third kappa shape index (κ3) is 4.12. The van der Waals surface area contributed by atoms with E-state index >= 15 is 0 Å². The molecule has 2 aromatic heterocycles. The summed E-state index contributed by atoms with van der Waals surface area (Å²) in [6, 6.07) is 5.67. The lowest BCUT2D eigenvalue weighted by atomic mass is 10.2. The van der Waals surface area contributed by atoms with E-state index in [9.17, 15) is 22.4 Å². The van der Waals surface area contributed by atoms with Crippen molar-refractivity contribution in [2.75, 3.05) is 5.32 Å². The summed E-state index contributed by atoms with van der Waals surface area (Å²) < 4.78 is 53.7. The summed E-state index contributed by atoms with van der Waals surface area (Å²) in [7, 11) is 1.02. The predicted octanol–water partition coefficient (Wildman–Crippen LogP) is 4.38. The fraction of sp³-hybridized carbons (Fsp3) is 0.188. The van der Waals surface area contributed by atoms with Gasteiger partial charge in [0.2, 0.25) is 0 Å². The van der Waals surface area contributed by atoms with Gasteiger partial charge in [-0.05, 0) is 17.7 Å². The number of alkyl halides is 3. The molecule has 2 heterocycles. The number of benzene rings is 1. The third-order valence-electron chi connectivity index (χ3n) is 3.68. The molecule has 1 amide bonds. The fourth-order valence-electron chi connectivity index (χ4n) is 2.46. The van der Waals surface area contributed by atoms with Gasteiger partial charge in [0.1, 0.15) is 15.9 Å². The Morgan fingerprint density at radius 2 is 1.82 bits per heavy atom. The van der Waals surface area contributed by atoms with E-state index in [0.717, 1.165) is 12.6 Å². The minimum atomic E-state index is -4.77. The van der Waals surface area contributed by atoms with Crippen molar-refractivity contribution in [2.24, 2.45) is 7.05 Å². The molecule has 0 spiro atoms. The zero-order valence-corrected chi connectivity index (χ0v) is 15.6. The molecule has 0 saturated carbocycles. The molecule has 1 aromatic carbocycles. The number of anilines is 1. The Kier molecular flexibility index (Phi) is 5.35. The van der Waals surface area contributed by atoms with E-state index in [0.29, 0.717) is 4.68 Å². The molecule has 6 nitrogen and oxygen atoms in total. The zero-order valence-electron chi connectivity index (χ0n) is 14.1. The van der Waals surface area contributed by atoms with Crippen molar-refractivity contribution >= 4 is 34.9 Å². The van der Waals surface area contributed by atoms with Gasteiger partial charge in [-0.15, -0.1) is 0 Å². The Morgan fingerprint density at radius 3 is 2.39 bits per heavy atom. The van der Waals surface area contributed by atoms with E-state index in [-0.39, 0.29) is 23.2 Å². The van der Waals surface area contributed by atoms with Gasteiger partial charge in [-0.1, -0.05) is 35.3 Å². The highest BCUT2D eigenvalue weighted by atomic mass is 35.5. The van der Waals surface area contributed by atoms with Gasteiger partial charge in [-0.3, -0.25) is 14.2 Å². The fourth-order valence-corrected chi connectivity index (χ4v) is 3.01. The van der Waals surface area contributed by atoms with E-state index in [1.54, 1.807) is 12.1 Å². The van der Waals surface area contributed by atoms with Crippen LogP contribution in [0.4, 0.5) is 23.4 Å². The van der Waals surface area contributed by atoms with Gasteiger partial charge in [0, 0.05) is 13.2 Å². The van der Waals surface area contributed by atoms with Crippen LogP contribution in [0.3, 0.4) is 0 Å². The monoisotopic (exact) mass is 435 g/mol. The Balaban J connectivity index is 1.80. The van der Waals surface area contributed by atoms with Crippen molar-refractivity contribution < 1.29 is 22.4 Å². The van der Waals surface area contributed by atoms with Crippen LogP contribution >= 0.6 is 23.2 Å². The highest BCUT2D eigenvalue weighted by Gasteiger charge is 2.40. The highest BCUT2D eigenvalue weighted by Crippen LogP contribution is 2.36. The van der Waals surface area contributed by atoms with Gasteiger partial charge in [-0.2, -0.15) is 23.4 Å². The lowest BCUT2D eigenvalue weighted by Crippen LogP contribution is -2.14. The van der Waals surface area contributed by atoms with Crippen LogP contribution in [0.2, 0.25) is 10.0 Å². The van der Waals surface area contributed by atoms with Crippen molar-refractivity contribution in [1.29, 1.82) is 0 Å². The van der Waals surface area contributed by atoms with Crippen LogP contribution in [0.15, 0.2) is 30.5 Å². The second-order valence-corrected chi connectivity index (χ2v) is 6.52. The van der Waals surface area contributed by atoms with Crippen LogP contribution in [-0.4, -0.2) is 25.5 Å². The molecule has 3 aromatic rings. The van der Waals surface area contributed by atoms with Gasteiger partial charge < -0.3 is 5.32 Å². The lowest BCUT2D eigenvalue weighted by molar-refractivity contribution is -0.143. The first kappa shape index (κ1) is 20.2. The predicted molar refractivity (Wildman–Crippen MR) is 93.9 cm³/mol. The molecule has 0 unspecified atom stereocenters. The largest absolute Gasteiger partial charge is 0.434 e. The van der Waals surface area contributed by atoms with Crippen LogP contribution in [0.1, 0.15) is 21.7 Å². The molecule has 12 heteroatoms. The number of amides is 1. The molecule has 0 saturated heterocycles. The van der Waals surface area contributed by atoms with E-state index in [2.05, 4.69) is 15.5 Å².